The summed E-state index contributed by atoms with van der Waals surface area (Å²) in [6.07, 6.45) is -0.898. The maximum atomic E-state index is 13.5. The molecule has 110 valence electrons. The lowest BCUT2D eigenvalue weighted by atomic mass is 10.1. The number of halogens is 1. The number of aromatic nitrogens is 1. The summed E-state index contributed by atoms with van der Waals surface area (Å²) >= 11 is 0. The zero-order valence-electron chi connectivity index (χ0n) is 12.1. The summed E-state index contributed by atoms with van der Waals surface area (Å²) in [5, 5.41) is 22.1. The van der Waals surface area contributed by atoms with E-state index in [4.69, 9.17) is 5.26 Å². The van der Waals surface area contributed by atoms with Crippen molar-refractivity contribution >= 4 is 0 Å². The van der Waals surface area contributed by atoms with Crippen LogP contribution in [0.25, 0.3) is 0 Å². The molecule has 2 rings (SSSR count). The van der Waals surface area contributed by atoms with Crippen LogP contribution in [0.15, 0.2) is 30.3 Å². The minimum Gasteiger partial charge on any atom is -0.387 e. The molecule has 0 bridgehead atoms. The van der Waals surface area contributed by atoms with Gasteiger partial charge in [-0.3, -0.25) is 0 Å². The van der Waals surface area contributed by atoms with Crippen molar-refractivity contribution in [1.82, 2.24) is 9.88 Å². The van der Waals surface area contributed by atoms with Gasteiger partial charge in [0.25, 0.3) is 0 Å². The van der Waals surface area contributed by atoms with Gasteiger partial charge in [-0.05, 0) is 24.6 Å². The fraction of sp³-hybridized carbons (Fsp3) is 0.312. The number of aliphatic hydroxyl groups is 1. The molecule has 1 unspecified atom stereocenters. The number of nitriles is 1. The van der Waals surface area contributed by atoms with Crippen LogP contribution in [0.4, 0.5) is 4.39 Å². The molecule has 0 saturated carbocycles. The number of benzene rings is 1. The van der Waals surface area contributed by atoms with Crippen LogP contribution in [0, 0.1) is 24.1 Å². The number of rotatable bonds is 5. The van der Waals surface area contributed by atoms with E-state index in [0.29, 0.717) is 12.2 Å². The Morgan fingerprint density at radius 3 is 2.76 bits per heavy atom. The molecule has 0 spiro atoms. The molecule has 0 aliphatic carbocycles. The van der Waals surface area contributed by atoms with Crippen LogP contribution in [0.3, 0.4) is 0 Å². The van der Waals surface area contributed by atoms with Crippen LogP contribution in [-0.4, -0.2) is 16.2 Å². The third-order valence-electron chi connectivity index (χ3n) is 3.67. The van der Waals surface area contributed by atoms with Crippen molar-refractivity contribution in [1.29, 1.82) is 5.26 Å². The first-order valence-corrected chi connectivity index (χ1v) is 6.73. The van der Waals surface area contributed by atoms with Gasteiger partial charge in [0.1, 0.15) is 17.6 Å². The van der Waals surface area contributed by atoms with Crippen LogP contribution in [0.2, 0.25) is 0 Å². The van der Waals surface area contributed by atoms with Gasteiger partial charge in [-0.15, -0.1) is 0 Å². The Kier molecular flexibility index (Phi) is 4.73. The lowest BCUT2D eigenvalue weighted by Gasteiger charge is -2.13. The zero-order chi connectivity index (χ0) is 15.4. The van der Waals surface area contributed by atoms with Crippen molar-refractivity contribution in [3.8, 4) is 6.07 Å². The van der Waals surface area contributed by atoms with E-state index in [1.165, 1.54) is 6.07 Å². The Morgan fingerprint density at radius 1 is 1.43 bits per heavy atom. The van der Waals surface area contributed by atoms with Crippen molar-refractivity contribution < 1.29 is 9.50 Å². The maximum absolute atomic E-state index is 13.5. The van der Waals surface area contributed by atoms with Gasteiger partial charge >= 0.3 is 0 Å². The van der Waals surface area contributed by atoms with E-state index in [2.05, 4.69) is 11.4 Å². The largest absolute Gasteiger partial charge is 0.387 e. The van der Waals surface area contributed by atoms with E-state index in [1.54, 1.807) is 18.2 Å². The standard InChI is InChI=1S/C16H18FN3O/c1-11-12(7-13(8-18)20(11)2)9-19-10-16(21)14-5-3-4-6-15(14)17/h3-7,16,19,21H,9-10H2,1-2H3. The maximum Gasteiger partial charge on any atom is 0.129 e. The molecule has 1 heterocycles. The fourth-order valence-corrected chi connectivity index (χ4v) is 2.25. The summed E-state index contributed by atoms with van der Waals surface area (Å²) < 4.78 is 15.4. The summed E-state index contributed by atoms with van der Waals surface area (Å²) in [5.41, 5.74) is 2.88. The predicted octanol–water partition coefficient (Wildman–Crippen LogP) is 2.17. The average Bonchev–Trinajstić information content (AvgIpc) is 2.75. The molecule has 0 saturated heterocycles. The van der Waals surface area contributed by atoms with Crippen molar-refractivity contribution in [2.24, 2.45) is 7.05 Å². The minimum atomic E-state index is -0.898. The Balaban J connectivity index is 1.96. The summed E-state index contributed by atoms with van der Waals surface area (Å²) in [6.45, 7) is 2.70. The van der Waals surface area contributed by atoms with Crippen molar-refractivity contribution in [2.45, 2.75) is 19.6 Å². The topological polar surface area (TPSA) is 61.0 Å². The second-order valence-corrected chi connectivity index (χ2v) is 4.98. The molecule has 1 aromatic heterocycles. The van der Waals surface area contributed by atoms with Gasteiger partial charge in [-0.2, -0.15) is 5.26 Å². The highest BCUT2D eigenvalue weighted by Crippen LogP contribution is 2.17. The molecule has 2 aromatic rings. The Bertz CT molecular complexity index is 673. The first kappa shape index (κ1) is 15.2. The molecule has 21 heavy (non-hydrogen) atoms. The van der Waals surface area contributed by atoms with Gasteiger partial charge < -0.3 is 15.0 Å². The smallest absolute Gasteiger partial charge is 0.129 e. The first-order valence-electron chi connectivity index (χ1n) is 6.73. The Labute approximate surface area is 123 Å². The Hall–Kier alpha value is -2.16. The number of hydrogen-bond donors (Lipinski definition) is 2. The van der Waals surface area contributed by atoms with E-state index in [-0.39, 0.29) is 12.1 Å². The molecule has 1 atom stereocenters. The van der Waals surface area contributed by atoms with E-state index in [1.807, 2.05) is 24.6 Å². The van der Waals surface area contributed by atoms with Crippen LogP contribution in [0.1, 0.15) is 28.6 Å². The number of aliphatic hydroxyl groups excluding tert-OH is 1. The summed E-state index contributed by atoms with van der Waals surface area (Å²) in [6, 6.07) is 10.1. The summed E-state index contributed by atoms with van der Waals surface area (Å²) in [5.74, 6) is -0.408. The van der Waals surface area contributed by atoms with Gasteiger partial charge in [-0.1, -0.05) is 18.2 Å². The second kappa shape index (κ2) is 6.53. The van der Waals surface area contributed by atoms with Crippen molar-refractivity contribution in [3.63, 3.8) is 0 Å². The minimum absolute atomic E-state index is 0.247. The highest BCUT2D eigenvalue weighted by atomic mass is 19.1. The highest BCUT2D eigenvalue weighted by molar-refractivity contribution is 5.34. The van der Waals surface area contributed by atoms with Crippen LogP contribution < -0.4 is 5.32 Å². The Morgan fingerprint density at radius 2 is 2.14 bits per heavy atom. The van der Waals surface area contributed by atoms with Crippen molar-refractivity contribution in [2.75, 3.05) is 6.54 Å². The molecule has 1 aromatic carbocycles. The SMILES string of the molecule is Cc1c(CNCC(O)c2ccccc2F)cc(C#N)n1C. The number of nitrogens with zero attached hydrogens (tertiary/aromatic N) is 2. The molecule has 0 radical (unpaired) electrons. The number of nitrogens with one attached hydrogen (secondary N) is 1. The average molecular weight is 287 g/mol. The molecule has 4 nitrogen and oxygen atoms in total. The highest BCUT2D eigenvalue weighted by Gasteiger charge is 2.13. The van der Waals surface area contributed by atoms with E-state index in [9.17, 15) is 9.50 Å². The van der Waals surface area contributed by atoms with Gasteiger partial charge in [-0.25, -0.2) is 4.39 Å². The van der Waals surface area contributed by atoms with Crippen molar-refractivity contribution in [3.05, 3.63) is 58.7 Å². The third-order valence-corrected chi connectivity index (χ3v) is 3.67. The summed E-state index contributed by atoms with van der Waals surface area (Å²) in [4.78, 5) is 0. The van der Waals surface area contributed by atoms with Crippen LogP contribution >= 0.6 is 0 Å². The molecule has 0 aliphatic heterocycles. The van der Waals surface area contributed by atoms with Gasteiger partial charge in [0.2, 0.25) is 0 Å². The van der Waals surface area contributed by atoms with Crippen LogP contribution in [0.5, 0.6) is 0 Å². The fourth-order valence-electron chi connectivity index (χ4n) is 2.25. The lowest BCUT2D eigenvalue weighted by molar-refractivity contribution is 0.169. The predicted molar refractivity (Wildman–Crippen MR) is 77.9 cm³/mol. The van der Waals surface area contributed by atoms with E-state index < -0.39 is 11.9 Å². The molecule has 2 N–H and O–H groups in total. The molecule has 0 amide bonds. The molecular formula is C16H18FN3O. The quantitative estimate of drug-likeness (QED) is 0.886. The lowest BCUT2D eigenvalue weighted by Crippen LogP contribution is -2.22. The molecule has 0 fully saturated rings. The summed E-state index contributed by atoms with van der Waals surface area (Å²) in [7, 11) is 1.84. The van der Waals surface area contributed by atoms with Gasteiger partial charge in [0, 0.05) is 31.4 Å². The zero-order valence-corrected chi connectivity index (χ0v) is 12.1. The van der Waals surface area contributed by atoms with E-state index >= 15 is 0 Å². The number of hydrogen-bond acceptors (Lipinski definition) is 3. The molecule has 0 aliphatic rings. The third kappa shape index (κ3) is 3.30. The van der Waals surface area contributed by atoms with E-state index in [0.717, 1.165) is 11.3 Å². The normalized spacial score (nSPS) is 12.1. The van der Waals surface area contributed by atoms with Gasteiger partial charge in [0.15, 0.2) is 0 Å². The molecular weight excluding hydrogens is 269 g/mol. The second-order valence-electron chi connectivity index (χ2n) is 4.98. The monoisotopic (exact) mass is 287 g/mol. The first-order chi connectivity index (χ1) is 10.0. The van der Waals surface area contributed by atoms with Crippen LogP contribution in [-0.2, 0) is 13.6 Å². The molecule has 5 heteroatoms. The van der Waals surface area contributed by atoms with Gasteiger partial charge in [0.05, 0.1) is 6.10 Å².